The molecule has 2 heterocycles. The summed E-state index contributed by atoms with van der Waals surface area (Å²) in [6.07, 6.45) is 0.913. The van der Waals surface area contributed by atoms with Gasteiger partial charge in [-0.05, 0) is 13.3 Å². The summed E-state index contributed by atoms with van der Waals surface area (Å²) >= 11 is 0. The fourth-order valence-electron chi connectivity index (χ4n) is 2.59. The number of imide groups is 1. The van der Waals surface area contributed by atoms with Crippen LogP contribution < -0.4 is 5.32 Å². The number of nitrogens with zero attached hydrogens (tertiary/aromatic N) is 3. The van der Waals surface area contributed by atoms with Crippen molar-refractivity contribution >= 4 is 17.8 Å². The predicted octanol–water partition coefficient (Wildman–Crippen LogP) is -0.519. The van der Waals surface area contributed by atoms with Crippen molar-refractivity contribution < 1.29 is 14.4 Å². The first kappa shape index (κ1) is 14.8. The highest BCUT2D eigenvalue weighted by Gasteiger charge is 2.33. The Balaban J connectivity index is 1.74. The van der Waals surface area contributed by atoms with E-state index in [0.717, 1.165) is 19.6 Å². The topological polar surface area (TPSA) is 73.0 Å². The summed E-state index contributed by atoms with van der Waals surface area (Å²) < 4.78 is 0. The first-order chi connectivity index (χ1) is 9.49. The SMILES string of the molecule is CC1CN(C(=O)CCCN2C(=O)CN(C)C2=O)CCN1. The maximum absolute atomic E-state index is 12.0. The first-order valence-corrected chi connectivity index (χ1v) is 7.05. The average molecular weight is 282 g/mol. The van der Waals surface area contributed by atoms with Crippen LogP contribution in [0.1, 0.15) is 19.8 Å². The average Bonchev–Trinajstić information content (AvgIpc) is 2.65. The van der Waals surface area contributed by atoms with Gasteiger partial charge in [-0.15, -0.1) is 0 Å². The lowest BCUT2D eigenvalue weighted by Gasteiger charge is -2.32. The van der Waals surface area contributed by atoms with E-state index in [4.69, 9.17) is 0 Å². The van der Waals surface area contributed by atoms with Gasteiger partial charge in [-0.2, -0.15) is 0 Å². The van der Waals surface area contributed by atoms with Crippen LogP contribution in [0.3, 0.4) is 0 Å². The van der Waals surface area contributed by atoms with Gasteiger partial charge in [-0.1, -0.05) is 0 Å². The van der Waals surface area contributed by atoms with Crippen molar-refractivity contribution in [3.05, 3.63) is 0 Å². The third kappa shape index (κ3) is 3.27. The van der Waals surface area contributed by atoms with Crippen molar-refractivity contribution in [3.63, 3.8) is 0 Å². The highest BCUT2D eigenvalue weighted by molar-refractivity contribution is 6.01. The zero-order valence-corrected chi connectivity index (χ0v) is 12.1. The molecule has 7 nitrogen and oxygen atoms in total. The molecule has 0 aromatic heterocycles. The van der Waals surface area contributed by atoms with E-state index in [2.05, 4.69) is 12.2 Å². The molecule has 1 unspecified atom stereocenters. The number of nitrogens with one attached hydrogen (secondary N) is 1. The van der Waals surface area contributed by atoms with Crippen LogP contribution in [-0.2, 0) is 9.59 Å². The second-order valence-electron chi connectivity index (χ2n) is 5.48. The molecule has 0 aromatic carbocycles. The number of piperazine rings is 1. The fraction of sp³-hybridized carbons (Fsp3) is 0.769. The molecule has 0 radical (unpaired) electrons. The van der Waals surface area contributed by atoms with Gasteiger partial charge in [0.1, 0.15) is 6.54 Å². The molecule has 0 aliphatic carbocycles. The minimum atomic E-state index is -0.266. The van der Waals surface area contributed by atoms with Crippen LogP contribution in [-0.4, -0.2) is 78.4 Å². The lowest BCUT2D eigenvalue weighted by atomic mass is 10.2. The van der Waals surface area contributed by atoms with Gasteiger partial charge < -0.3 is 15.1 Å². The van der Waals surface area contributed by atoms with Crippen LogP contribution in [0, 0.1) is 0 Å². The van der Waals surface area contributed by atoms with E-state index >= 15 is 0 Å². The summed E-state index contributed by atoms with van der Waals surface area (Å²) in [5.74, 6) is -0.0773. The molecule has 2 rings (SSSR count). The summed E-state index contributed by atoms with van der Waals surface area (Å²) in [6.45, 7) is 4.80. The molecule has 0 spiro atoms. The molecule has 1 N–H and O–H groups in total. The number of hydrogen-bond acceptors (Lipinski definition) is 4. The molecule has 20 heavy (non-hydrogen) atoms. The predicted molar refractivity (Wildman–Crippen MR) is 73.0 cm³/mol. The second kappa shape index (κ2) is 6.21. The van der Waals surface area contributed by atoms with E-state index in [1.54, 1.807) is 7.05 Å². The highest BCUT2D eigenvalue weighted by atomic mass is 16.2. The number of likely N-dealkylation sites (N-methyl/N-ethyl adjacent to an activating group) is 1. The standard InChI is InChI=1S/C13H22N4O3/c1-10-8-16(7-5-14-10)11(18)4-3-6-17-12(19)9-15(2)13(17)20/h10,14H,3-9H2,1-2H3. The van der Waals surface area contributed by atoms with E-state index in [1.807, 2.05) is 4.90 Å². The number of urea groups is 1. The van der Waals surface area contributed by atoms with Crippen LogP contribution >= 0.6 is 0 Å². The number of rotatable bonds is 4. The van der Waals surface area contributed by atoms with Crippen molar-refractivity contribution in [3.8, 4) is 0 Å². The lowest BCUT2D eigenvalue weighted by molar-refractivity contribution is -0.133. The molecule has 4 amide bonds. The molecule has 1 atom stereocenters. The Bertz CT molecular complexity index is 412. The van der Waals surface area contributed by atoms with Crippen molar-refractivity contribution in [2.75, 3.05) is 39.8 Å². The third-order valence-electron chi connectivity index (χ3n) is 3.72. The number of hydrogen-bond donors (Lipinski definition) is 1. The van der Waals surface area contributed by atoms with Gasteiger partial charge in [-0.3, -0.25) is 14.5 Å². The molecular weight excluding hydrogens is 260 g/mol. The van der Waals surface area contributed by atoms with E-state index in [-0.39, 0.29) is 24.4 Å². The van der Waals surface area contributed by atoms with E-state index in [0.29, 0.717) is 25.4 Å². The van der Waals surface area contributed by atoms with Crippen LogP contribution in [0.5, 0.6) is 0 Å². The molecular formula is C13H22N4O3. The normalized spacial score (nSPS) is 23.7. The summed E-state index contributed by atoms with van der Waals surface area (Å²) in [6, 6.07) is 0.0568. The Kier molecular flexibility index (Phi) is 4.59. The van der Waals surface area contributed by atoms with Crippen molar-refractivity contribution in [2.45, 2.75) is 25.8 Å². The van der Waals surface area contributed by atoms with Crippen LogP contribution in [0.2, 0.25) is 0 Å². The smallest absolute Gasteiger partial charge is 0.326 e. The van der Waals surface area contributed by atoms with E-state index < -0.39 is 0 Å². The van der Waals surface area contributed by atoms with Crippen LogP contribution in [0.25, 0.3) is 0 Å². The van der Waals surface area contributed by atoms with Crippen molar-refractivity contribution in [1.29, 1.82) is 0 Å². The zero-order valence-electron chi connectivity index (χ0n) is 12.1. The van der Waals surface area contributed by atoms with Gasteiger partial charge in [0.15, 0.2) is 0 Å². The monoisotopic (exact) mass is 282 g/mol. The Hall–Kier alpha value is -1.63. The first-order valence-electron chi connectivity index (χ1n) is 7.05. The molecule has 0 bridgehead atoms. The molecule has 2 fully saturated rings. The molecule has 112 valence electrons. The summed E-state index contributed by atoms with van der Waals surface area (Å²) in [4.78, 5) is 39.8. The molecule has 2 aliphatic heterocycles. The maximum atomic E-state index is 12.0. The summed E-state index contributed by atoms with van der Waals surface area (Å²) in [5, 5.41) is 3.29. The number of carbonyl (C=O) groups is 3. The quantitative estimate of drug-likeness (QED) is 0.704. The van der Waals surface area contributed by atoms with Crippen molar-refractivity contribution in [2.24, 2.45) is 0 Å². The maximum Gasteiger partial charge on any atom is 0.326 e. The van der Waals surface area contributed by atoms with E-state index in [9.17, 15) is 14.4 Å². The summed E-state index contributed by atoms with van der Waals surface area (Å²) in [7, 11) is 1.60. The lowest BCUT2D eigenvalue weighted by Crippen LogP contribution is -2.51. The van der Waals surface area contributed by atoms with Crippen LogP contribution in [0.4, 0.5) is 4.79 Å². The number of carbonyl (C=O) groups excluding carboxylic acids is 3. The molecule has 7 heteroatoms. The largest absolute Gasteiger partial charge is 0.340 e. The Morgan fingerprint density at radius 1 is 1.40 bits per heavy atom. The van der Waals surface area contributed by atoms with Gasteiger partial charge in [0.2, 0.25) is 11.8 Å². The molecule has 2 aliphatic rings. The van der Waals surface area contributed by atoms with Gasteiger partial charge in [0, 0.05) is 45.7 Å². The van der Waals surface area contributed by atoms with Gasteiger partial charge >= 0.3 is 6.03 Å². The van der Waals surface area contributed by atoms with Crippen molar-refractivity contribution in [1.82, 2.24) is 20.0 Å². The Morgan fingerprint density at radius 2 is 2.15 bits per heavy atom. The minimum Gasteiger partial charge on any atom is -0.340 e. The minimum absolute atomic E-state index is 0.103. The zero-order chi connectivity index (χ0) is 14.7. The number of amides is 4. The van der Waals surface area contributed by atoms with Crippen LogP contribution in [0.15, 0.2) is 0 Å². The third-order valence-corrected chi connectivity index (χ3v) is 3.72. The Morgan fingerprint density at radius 3 is 2.75 bits per heavy atom. The summed E-state index contributed by atoms with van der Waals surface area (Å²) in [5.41, 5.74) is 0. The molecule has 2 saturated heterocycles. The van der Waals surface area contributed by atoms with Gasteiger partial charge in [0.05, 0.1) is 0 Å². The Labute approximate surface area is 118 Å². The molecule has 0 aromatic rings. The van der Waals surface area contributed by atoms with Gasteiger partial charge in [-0.25, -0.2) is 4.79 Å². The second-order valence-corrected chi connectivity index (χ2v) is 5.48. The molecule has 0 saturated carbocycles. The van der Waals surface area contributed by atoms with E-state index in [1.165, 1.54) is 9.80 Å². The van der Waals surface area contributed by atoms with Gasteiger partial charge in [0.25, 0.3) is 0 Å². The fourth-order valence-corrected chi connectivity index (χ4v) is 2.59. The highest BCUT2D eigenvalue weighted by Crippen LogP contribution is 2.10.